The van der Waals surface area contributed by atoms with Crippen molar-refractivity contribution in [2.24, 2.45) is 5.92 Å². The van der Waals surface area contributed by atoms with Gasteiger partial charge in [-0.05, 0) is 24.3 Å². The van der Waals surface area contributed by atoms with Gasteiger partial charge < -0.3 is 10.2 Å². The van der Waals surface area contributed by atoms with E-state index in [0.717, 1.165) is 44.1 Å². The lowest BCUT2D eigenvalue weighted by Crippen LogP contribution is -2.43. The summed E-state index contributed by atoms with van der Waals surface area (Å²) in [5, 5.41) is 3.21. The normalized spacial score (nSPS) is 17.1. The highest BCUT2D eigenvalue weighted by Crippen LogP contribution is 2.27. The zero-order valence-electron chi connectivity index (χ0n) is 15.7. The van der Waals surface area contributed by atoms with E-state index in [2.05, 4.69) is 31.3 Å². The lowest BCUT2D eigenvalue weighted by molar-refractivity contribution is -0.137. The monoisotopic (exact) mass is 344 g/mol. The van der Waals surface area contributed by atoms with E-state index in [1.807, 2.05) is 18.2 Å². The molecule has 4 heteroatoms. The van der Waals surface area contributed by atoms with Gasteiger partial charge in [0.25, 0.3) is 0 Å². The van der Waals surface area contributed by atoms with Gasteiger partial charge in [-0.1, -0.05) is 69.9 Å². The molecule has 1 aliphatic heterocycles. The van der Waals surface area contributed by atoms with Gasteiger partial charge in [-0.25, -0.2) is 0 Å². The predicted molar refractivity (Wildman–Crippen MR) is 101 cm³/mol. The van der Waals surface area contributed by atoms with Crippen LogP contribution >= 0.6 is 0 Å². The van der Waals surface area contributed by atoms with E-state index in [1.54, 1.807) is 4.90 Å². The van der Waals surface area contributed by atoms with Gasteiger partial charge in [-0.2, -0.15) is 0 Å². The van der Waals surface area contributed by atoms with Crippen LogP contribution in [0.1, 0.15) is 70.4 Å². The molecule has 1 unspecified atom stereocenters. The number of rotatable bonds is 7. The Morgan fingerprint density at radius 2 is 1.76 bits per heavy atom. The van der Waals surface area contributed by atoms with Gasteiger partial charge in [0.05, 0.1) is 12.6 Å². The quantitative estimate of drug-likeness (QED) is 0.810. The SMILES string of the molecule is CCC(CC)C(NC(=O)CN1CCCCCCC1=O)c1ccccc1. The summed E-state index contributed by atoms with van der Waals surface area (Å²) in [6, 6.07) is 10.2. The Kier molecular flexibility index (Phi) is 7.96. The predicted octanol–water partition coefficient (Wildman–Crippen LogP) is 4.07. The number of amides is 2. The molecule has 138 valence electrons. The fraction of sp³-hybridized carbons (Fsp3) is 0.619. The van der Waals surface area contributed by atoms with Crippen molar-refractivity contribution in [1.29, 1.82) is 0 Å². The van der Waals surface area contributed by atoms with E-state index in [9.17, 15) is 9.59 Å². The zero-order chi connectivity index (χ0) is 18.1. The van der Waals surface area contributed by atoms with Crippen LogP contribution < -0.4 is 5.32 Å². The Labute approximate surface area is 152 Å². The number of carbonyl (C=O) groups excluding carboxylic acids is 2. The molecule has 1 aromatic carbocycles. The van der Waals surface area contributed by atoms with E-state index in [-0.39, 0.29) is 24.4 Å². The van der Waals surface area contributed by atoms with E-state index >= 15 is 0 Å². The van der Waals surface area contributed by atoms with E-state index in [0.29, 0.717) is 18.9 Å². The molecule has 4 nitrogen and oxygen atoms in total. The van der Waals surface area contributed by atoms with Crippen molar-refractivity contribution in [3.8, 4) is 0 Å². The number of carbonyl (C=O) groups is 2. The van der Waals surface area contributed by atoms with Crippen LogP contribution in [0.2, 0.25) is 0 Å². The molecule has 0 saturated carbocycles. The topological polar surface area (TPSA) is 49.4 Å². The number of nitrogens with one attached hydrogen (secondary N) is 1. The molecule has 0 spiro atoms. The number of likely N-dealkylation sites (tertiary alicyclic amines) is 1. The van der Waals surface area contributed by atoms with Crippen LogP contribution in [0, 0.1) is 5.92 Å². The van der Waals surface area contributed by atoms with Gasteiger partial charge in [0.2, 0.25) is 11.8 Å². The standard InChI is InChI=1S/C21H32N2O2/c1-3-17(4-2)21(18-12-8-7-9-13-18)22-19(24)16-23-15-11-6-5-10-14-20(23)25/h7-9,12-13,17,21H,3-6,10-11,14-16H2,1-2H3,(H,22,24). The smallest absolute Gasteiger partial charge is 0.240 e. The Bertz CT molecular complexity index is 540. The van der Waals surface area contributed by atoms with Crippen LogP contribution in [0.3, 0.4) is 0 Å². The summed E-state index contributed by atoms with van der Waals surface area (Å²) in [5.41, 5.74) is 1.14. The second-order valence-corrected chi connectivity index (χ2v) is 7.01. The number of hydrogen-bond acceptors (Lipinski definition) is 2. The van der Waals surface area contributed by atoms with Crippen molar-refractivity contribution in [1.82, 2.24) is 10.2 Å². The minimum Gasteiger partial charge on any atom is -0.347 e. The van der Waals surface area contributed by atoms with Crippen LogP contribution in [0.5, 0.6) is 0 Å². The molecular formula is C21H32N2O2. The molecule has 2 amide bonds. The Balaban J connectivity index is 2.04. The Morgan fingerprint density at radius 1 is 1.08 bits per heavy atom. The second kappa shape index (κ2) is 10.2. The van der Waals surface area contributed by atoms with Crippen LogP contribution in [-0.4, -0.2) is 29.8 Å². The van der Waals surface area contributed by atoms with Gasteiger partial charge in [-0.3, -0.25) is 9.59 Å². The van der Waals surface area contributed by atoms with Gasteiger partial charge >= 0.3 is 0 Å². The third-order valence-electron chi connectivity index (χ3n) is 5.25. The fourth-order valence-electron chi connectivity index (χ4n) is 3.67. The fourth-order valence-corrected chi connectivity index (χ4v) is 3.67. The lowest BCUT2D eigenvalue weighted by atomic mass is 9.89. The first-order valence-electron chi connectivity index (χ1n) is 9.77. The summed E-state index contributed by atoms with van der Waals surface area (Å²) in [4.78, 5) is 26.7. The zero-order valence-corrected chi connectivity index (χ0v) is 15.7. The molecule has 0 aromatic heterocycles. The average Bonchev–Trinajstić information content (AvgIpc) is 2.62. The molecule has 1 aliphatic rings. The maximum atomic E-state index is 12.7. The molecule has 2 rings (SSSR count). The third-order valence-corrected chi connectivity index (χ3v) is 5.25. The molecule has 1 atom stereocenters. The second-order valence-electron chi connectivity index (χ2n) is 7.01. The molecule has 1 N–H and O–H groups in total. The molecule has 1 heterocycles. The van der Waals surface area contributed by atoms with E-state index < -0.39 is 0 Å². The Morgan fingerprint density at radius 3 is 2.44 bits per heavy atom. The largest absolute Gasteiger partial charge is 0.347 e. The maximum absolute atomic E-state index is 12.7. The number of benzene rings is 1. The van der Waals surface area contributed by atoms with E-state index in [1.165, 1.54) is 0 Å². The van der Waals surface area contributed by atoms with Crippen molar-refractivity contribution in [3.05, 3.63) is 35.9 Å². The highest BCUT2D eigenvalue weighted by Gasteiger charge is 2.24. The maximum Gasteiger partial charge on any atom is 0.240 e. The van der Waals surface area contributed by atoms with Gasteiger partial charge in [-0.15, -0.1) is 0 Å². The summed E-state index contributed by atoms with van der Waals surface area (Å²) in [6.45, 7) is 5.21. The first-order valence-corrected chi connectivity index (χ1v) is 9.77. The van der Waals surface area contributed by atoms with Crippen LogP contribution in [0.25, 0.3) is 0 Å². The summed E-state index contributed by atoms with van der Waals surface area (Å²) >= 11 is 0. The molecular weight excluding hydrogens is 312 g/mol. The van der Waals surface area contributed by atoms with Crippen LogP contribution in [0.15, 0.2) is 30.3 Å². The lowest BCUT2D eigenvalue weighted by Gasteiger charge is -2.29. The molecule has 0 bridgehead atoms. The molecule has 1 aromatic rings. The first kappa shape index (κ1) is 19.5. The summed E-state index contributed by atoms with van der Waals surface area (Å²) in [6.07, 6.45) is 6.80. The van der Waals surface area contributed by atoms with Gasteiger partial charge in [0.15, 0.2) is 0 Å². The third kappa shape index (κ3) is 5.87. The van der Waals surface area contributed by atoms with Crippen molar-refractivity contribution < 1.29 is 9.59 Å². The van der Waals surface area contributed by atoms with Crippen molar-refractivity contribution >= 4 is 11.8 Å². The highest BCUT2D eigenvalue weighted by molar-refractivity contribution is 5.85. The van der Waals surface area contributed by atoms with Gasteiger partial charge in [0.1, 0.15) is 0 Å². The molecule has 1 fully saturated rings. The van der Waals surface area contributed by atoms with Crippen molar-refractivity contribution in [2.45, 2.75) is 64.8 Å². The van der Waals surface area contributed by atoms with Crippen molar-refractivity contribution in [3.63, 3.8) is 0 Å². The summed E-state index contributed by atoms with van der Waals surface area (Å²) in [7, 11) is 0. The van der Waals surface area contributed by atoms with Crippen LogP contribution in [0.4, 0.5) is 0 Å². The van der Waals surface area contributed by atoms with Crippen LogP contribution in [-0.2, 0) is 9.59 Å². The summed E-state index contributed by atoms with van der Waals surface area (Å²) < 4.78 is 0. The minimum atomic E-state index is -0.0466. The number of hydrogen-bond donors (Lipinski definition) is 1. The Hall–Kier alpha value is -1.84. The van der Waals surface area contributed by atoms with Gasteiger partial charge in [0, 0.05) is 13.0 Å². The highest BCUT2D eigenvalue weighted by atomic mass is 16.2. The number of nitrogens with zero attached hydrogens (tertiary/aromatic N) is 1. The molecule has 1 saturated heterocycles. The first-order chi connectivity index (χ1) is 12.2. The minimum absolute atomic E-state index is 0.00792. The summed E-state index contributed by atoms with van der Waals surface area (Å²) in [5.74, 6) is 0.470. The molecule has 0 aliphatic carbocycles. The average molecular weight is 344 g/mol. The van der Waals surface area contributed by atoms with Crippen molar-refractivity contribution in [2.75, 3.05) is 13.1 Å². The molecule has 0 radical (unpaired) electrons. The molecule has 25 heavy (non-hydrogen) atoms. The van der Waals surface area contributed by atoms with E-state index in [4.69, 9.17) is 0 Å².